The van der Waals surface area contributed by atoms with E-state index in [4.69, 9.17) is 10.5 Å². The van der Waals surface area contributed by atoms with E-state index in [1.807, 2.05) is 0 Å². The summed E-state index contributed by atoms with van der Waals surface area (Å²) < 4.78 is 30.5. The molecule has 0 aromatic carbocycles. The van der Waals surface area contributed by atoms with Crippen LogP contribution < -0.4 is 5.73 Å². The second kappa shape index (κ2) is 8.16. The molecule has 0 aliphatic carbocycles. The van der Waals surface area contributed by atoms with Gasteiger partial charge in [0.05, 0.1) is 12.4 Å². The second-order valence-electron chi connectivity index (χ2n) is 4.88. The van der Waals surface area contributed by atoms with E-state index in [1.165, 1.54) is 7.11 Å². The fourth-order valence-electron chi connectivity index (χ4n) is 2.50. The summed E-state index contributed by atoms with van der Waals surface area (Å²) >= 11 is 0. The van der Waals surface area contributed by atoms with Gasteiger partial charge in [-0.25, -0.2) is 8.42 Å². The van der Waals surface area contributed by atoms with Gasteiger partial charge in [0.2, 0.25) is 10.0 Å². The number of hydrogen-bond donors (Lipinski definition) is 1. The monoisotopic (exact) mass is 293 g/mol. The van der Waals surface area contributed by atoms with Gasteiger partial charge in [0.1, 0.15) is 0 Å². The van der Waals surface area contributed by atoms with Crippen LogP contribution in [0, 0.1) is 0 Å². The molecule has 1 heterocycles. The van der Waals surface area contributed by atoms with E-state index in [-0.39, 0.29) is 12.4 Å². The average Bonchev–Trinajstić information content (AvgIpc) is 2.43. The molecule has 0 aromatic heterocycles. The van der Waals surface area contributed by atoms with Gasteiger partial charge in [0.25, 0.3) is 0 Å². The number of nitrogens with zero attached hydrogens (tertiary/aromatic N) is 2. The maximum Gasteiger partial charge on any atom is 0.216 e. The minimum absolute atomic E-state index is 0.0729. The molecule has 1 unspecified atom stereocenters. The Hall–Kier alpha value is -0.210. The third kappa shape index (κ3) is 5.00. The highest BCUT2D eigenvalue weighted by atomic mass is 32.2. The number of hydrogen-bond acceptors (Lipinski definition) is 5. The molecule has 0 radical (unpaired) electrons. The van der Waals surface area contributed by atoms with Gasteiger partial charge in [0.15, 0.2) is 0 Å². The molecule has 1 aliphatic heterocycles. The van der Waals surface area contributed by atoms with Gasteiger partial charge < -0.3 is 10.5 Å². The van der Waals surface area contributed by atoms with Crippen LogP contribution in [-0.4, -0.2) is 75.9 Å². The highest BCUT2D eigenvalue weighted by molar-refractivity contribution is 7.89. The van der Waals surface area contributed by atoms with Crippen molar-refractivity contribution < 1.29 is 13.2 Å². The van der Waals surface area contributed by atoms with Crippen LogP contribution in [0.2, 0.25) is 0 Å². The Bertz CT molecular complexity index is 340. The predicted molar refractivity (Wildman–Crippen MR) is 76.6 cm³/mol. The van der Waals surface area contributed by atoms with Gasteiger partial charge in [-0.15, -0.1) is 0 Å². The molecular formula is C12H27N3O3S. The third-order valence-electron chi connectivity index (χ3n) is 3.70. The van der Waals surface area contributed by atoms with Gasteiger partial charge in [-0.3, -0.25) is 4.90 Å². The summed E-state index contributed by atoms with van der Waals surface area (Å²) in [5.41, 5.74) is 5.62. The molecule has 7 heteroatoms. The van der Waals surface area contributed by atoms with Crippen LogP contribution in [0.1, 0.15) is 19.8 Å². The fraction of sp³-hybridized carbons (Fsp3) is 1.00. The molecule has 0 saturated carbocycles. The number of nitrogens with two attached hydrogens (primary N) is 1. The van der Waals surface area contributed by atoms with E-state index < -0.39 is 10.0 Å². The Morgan fingerprint density at radius 1 is 1.26 bits per heavy atom. The molecule has 0 bridgehead atoms. The molecule has 1 rings (SSSR count). The first-order valence-corrected chi connectivity index (χ1v) is 8.57. The molecule has 6 nitrogen and oxygen atoms in total. The summed E-state index contributed by atoms with van der Waals surface area (Å²) in [6.07, 6.45) is 2.04. The fourth-order valence-corrected chi connectivity index (χ4v) is 3.86. The summed E-state index contributed by atoms with van der Waals surface area (Å²) in [5.74, 6) is 0.0729. The van der Waals surface area contributed by atoms with E-state index in [1.54, 1.807) is 4.31 Å². The van der Waals surface area contributed by atoms with Crippen LogP contribution in [0.25, 0.3) is 0 Å². The molecule has 0 spiro atoms. The largest absolute Gasteiger partial charge is 0.384 e. The highest BCUT2D eigenvalue weighted by Gasteiger charge is 2.28. The van der Waals surface area contributed by atoms with E-state index >= 15 is 0 Å². The molecule has 19 heavy (non-hydrogen) atoms. The van der Waals surface area contributed by atoms with Crippen molar-refractivity contribution in [1.29, 1.82) is 0 Å². The summed E-state index contributed by atoms with van der Waals surface area (Å²) in [4.78, 5) is 2.36. The van der Waals surface area contributed by atoms with Crippen molar-refractivity contribution in [1.82, 2.24) is 9.21 Å². The van der Waals surface area contributed by atoms with Crippen molar-refractivity contribution in [2.24, 2.45) is 5.73 Å². The van der Waals surface area contributed by atoms with Crippen molar-refractivity contribution in [2.45, 2.75) is 25.8 Å². The highest BCUT2D eigenvalue weighted by Crippen LogP contribution is 2.14. The Morgan fingerprint density at radius 2 is 1.89 bits per heavy atom. The normalized spacial score (nSPS) is 20.6. The van der Waals surface area contributed by atoms with Gasteiger partial charge in [-0.05, 0) is 19.4 Å². The lowest BCUT2D eigenvalue weighted by Gasteiger charge is -2.38. The molecule has 2 N–H and O–H groups in total. The lowest BCUT2D eigenvalue weighted by molar-refractivity contribution is 0.128. The Labute approximate surface area is 116 Å². The number of rotatable bonds is 8. The summed E-state index contributed by atoms with van der Waals surface area (Å²) in [5, 5.41) is 0. The number of ether oxygens (including phenoxy) is 1. The minimum Gasteiger partial charge on any atom is -0.384 e. The Morgan fingerprint density at radius 3 is 2.37 bits per heavy atom. The maximum atomic E-state index is 12.0. The number of piperazine rings is 1. The van der Waals surface area contributed by atoms with Crippen LogP contribution in [-0.2, 0) is 14.8 Å². The van der Waals surface area contributed by atoms with Crippen LogP contribution >= 0.6 is 0 Å². The topological polar surface area (TPSA) is 75.9 Å². The van der Waals surface area contributed by atoms with Gasteiger partial charge in [0, 0.05) is 39.3 Å². The smallest absolute Gasteiger partial charge is 0.216 e. The maximum absolute atomic E-state index is 12.0. The zero-order valence-corrected chi connectivity index (χ0v) is 12.9. The molecule has 1 aliphatic rings. The average molecular weight is 293 g/mol. The zero-order chi connectivity index (χ0) is 14.3. The molecule has 1 atom stereocenters. The van der Waals surface area contributed by atoms with E-state index in [9.17, 15) is 8.42 Å². The van der Waals surface area contributed by atoms with Crippen molar-refractivity contribution >= 4 is 10.0 Å². The SMILES string of the molecule is CCC(CCN)N1CCN(S(=O)(=O)CCOC)CC1. The predicted octanol–water partition coefficient (Wildman–Crippen LogP) is -0.292. The van der Waals surface area contributed by atoms with Crippen molar-refractivity contribution in [2.75, 3.05) is 52.2 Å². The van der Waals surface area contributed by atoms with Crippen LogP contribution in [0.3, 0.4) is 0 Å². The number of methoxy groups -OCH3 is 1. The summed E-state index contributed by atoms with van der Waals surface area (Å²) in [7, 11) is -1.64. The molecule has 114 valence electrons. The van der Waals surface area contributed by atoms with Crippen LogP contribution in [0.15, 0.2) is 0 Å². The molecular weight excluding hydrogens is 266 g/mol. The van der Waals surface area contributed by atoms with Gasteiger partial charge in [-0.2, -0.15) is 4.31 Å². The first-order chi connectivity index (χ1) is 9.05. The first kappa shape index (κ1) is 16.8. The molecule has 1 saturated heterocycles. The quantitative estimate of drug-likeness (QED) is 0.665. The van der Waals surface area contributed by atoms with E-state index in [2.05, 4.69) is 11.8 Å². The van der Waals surface area contributed by atoms with Gasteiger partial charge in [-0.1, -0.05) is 6.92 Å². The Kier molecular flexibility index (Phi) is 7.23. The van der Waals surface area contributed by atoms with Crippen molar-refractivity contribution in [3.05, 3.63) is 0 Å². The van der Waals surface area contributed by atoms with Crippen LogP contribution in [0.4, 0.5) is 0 Å². The molecule has 1 fully saturated rings. The van der Waals surface area contributed by atoms with Crippen molar-refractivity contribution in [3.63, 3.8) is 0 Å². The summed E-state index contributed by atoms with van der Waals surface area (Å²) in [6.45, 7) is 5.84. The third-order valence-corrected chi connectivity index (χ3v) is 5.53. The minimum atomic E-state index is -3.16. The van der Waals surface area contributed by atoms with E-state index in [0.717, 1.165) is 25.9 Å². The van der Waals surface area contributed by atoms with E-state index in [0.29, 0.717) is 25.7 Å². The van der Waals surface area contributed by atoms with Crippen LogP contribution in [0.5, 0.6) is 0 Å². The molecule has 0 aromatic rings. The van der Waals surface area contributed by atoms with Gasteiger partial charge >= 0.3 is 0 Å². The zero-order valence-electron chi connectivity index (χ0n) is 12.0. The lowest BCUT2D eigenvalue weighted by atomic mass is 10.1. The first-order valence-electron chi connectivity index (χ1n) is 6.96. The van der Waals surface area contributed by atoms with Crippen molar-refractivity contribution in [3.8, 4) is 0 Å². The standard InChI is InChI=1S/C12H27N3O3S/c1-3-12(4-5-13)14-6-8-15(9-7-14)19(16,17)11-10-18-2/h12H,3-11,13H2,1-2H3. The summed E-state index contributed by atoms with van der Waals surface area (Å²) in [6, 6.07) is 0.480. The second-order valence-corrected chi connectivity index (χ2v) is 6.97. The Balaban J connectivity index is 2.48. The number of sulfonamides is 1. The lowest BCUT2D eigenvalue weighted by Crippen LogP contribution is -2.52. The molecule has 0 amide bonds.